The zero-order valence-electron chi connectivity index (χ0n) is 14.3. The largest absolute Gasteiger partial charge is 0.469 e. The van der Waals surface area contributed by atoms with Crippen molar-refractivity contribution < 1.29 is 18.3 Å². The summed E-state index contributed by atoms with van der Waals surface area (Å²) in [6, 6.07) is 2.38. The van der Waals surface area contributed by atoms with Gasteiger partial charge in [0.15, 0.2) is 11.6 Å². The Labute approximate surface area is 152 Å². The molecule has 0 fully saturated rings. The molecular formula is C17H15ClF2N4O2. The average molecular weight is 381 g/mol. The van der Waals surface area contributed by atoms with Gasteiger partial charge in [-0.1, -0.05) is 0 Å². The molecule has 0 amide bonds. The lowest BCUT2D eigenvalue weighted by molar-refractivity contribution is -0.141. The second-order valence-electron chi connectivity index (χ2n) is 5.82. The van der Waals surface area contributed by atoms with Crippen molar-refractivity contribution in [2.45, 2.75) is 26.3 Å². The monoisotopic (exact) mass is 380 g/mol. The van der Waals surface area contributed by atoms with Gasteiger partial charge in [0.1, 0.15) is 17.0 Å². The quantitative estimate of drug-likeness (QED) is 0.508. The highest BCUT2D eigenvalue weighted by Crippen LogP contribution is 2.31. The lowest BCUT2D eigenvalue weighted by atomic mass is 10.1. The number of hydrogen-bond donors (Lipinski definition) is 0. The van der Waals surface area contributed by atoms with Crippen LogP contribution in [0.3, 0.4) is 0 Å². The number of hydrogen-bond acceptors (Lipinski definition) is 5. The molecule has 9 heteroatoms. The van der Waals surface area contributed by atoms with E-state index in [1.165, 1.54) is 7.11 Å². The summed E-state index contributed by atoms with van der Waals surface area (Å²) in [4.78, 5) is 23.2. The number of halogens is 3. The number of carbonyl (C=O) groups excluding carboxylic acids is 1. The molecule has 0 aliphatic carbocycles. The van der Waals surface area contributed by atoms with Crippen LogP contribution in [0.1, 0.15) is 25.2 Å². The van der Waals surface area contributed by atoms with Gasteiger partial charge in [0.2, 0.25) is 5.28 Å². The second kappa shape index (κ2) is 6.95. The van der Waals surface area contributed by atoms with E-state index in [-0.39, 0.29) is 34.5 Å². The predicted molar refractivity (Wildman–Crippen MR) is 91.8 cm³/mol. The molecule has 26 heavy (non-hydrogen) atoms. The standard InChI is InChI=1S/C17H15ClF2N4O2/c1-8(4-14(25)26-3)24-9(2)22-16-11(19)5-10(6-13(16)24)15-12(20)7-21-17(18)23-15/h5-8H,4H2,1-3H3. The number of esters is 1. The van der Waals surface area contributed by atoms with Crippen LogP contribution < -0.4 is 0 Å². The first-order chi connectivity index (χ1) is 12.3. The fourth-order valence-electron chi connectivity index (χ4n) is 2.93. The van der Waals surface area contributed by atoms with Crippen LogP contribution >= 0.6 is 11.6 Å². The van der Waals surface area contributed by atoms with Crippen LogP contribution in [0.15, 0.2) is 18.3 Å². The van der Waals surface area contributed by atoms with E-state index < -0.39 is 17.6 Å². The summed E-state index contributed by atoms with van der Waals surface area (Å²) < 4.78 is 35.1. The number of benzene rings is 1. The van der Waals surface area contributed by atoms with Gasteiger partial charge in [-0.05, 0) is 37.6 Å². The molecule has 0 bridgehead atoms. The third kappa shape index (κ3) is 3.24. The van der Waals surface area contributed by atoms with Crippen molar-refractivity contribution >= 4 is 28.6 Å². The van der Waals surface area contributed by atoms with Crippen LogP contribution in [0.5, 0.6) is 0 Å². The number of imidazole rings is 1. The van der Waals surface area contributed by atoms with E-state index in [1.807, 2.05) is 0 Å². The van der Waals surface area contributed by atoms with Gasteiger partial charge >= 0.3 is 5.97 Å². The fraction of sp³-hybridized carbons (Fsp3) is 0.294. The molecule has 0 saturated heterocycles. The molecule has 136 valence electrons. The van der Waals surface area contributed by atoms with Crippen LogP contribution in [-0.4, -0.2) is 32.6 Å². The van der Waals surface area contributed by atoms with Crippen molar-refractivity contribution in [3.05, 3.63) is 41.1 Å². The molecule has 1 atom stereocenters. The maximum atomic E-state index is 14.6. The summed E-state index contributed by atoms with van der Waals surface area (Å²) in [7, 11) is 1.30. The molecule has 0 spiro atoms. The maximum Gasteiger partial charge on any atom is 0.307 e. The van der Waals surface area contributed by atoms with Crippen molar-refractivity contribution in [3.8, 4) is 11.3 Å². The van der Waals surface area contributed by atoms with Crippen LogP contribution in [-0.2, 0) is 9.53 Å². The zero-order chi connectivity index (χ0) is 19.0. The lowest BCUT2D eigenvalue weighted by Crippen LogP contribution is -2.13. The maximum absolute atomic E-state index is 14.6. The van der Waals surface area contributed by atoms with Crippen LogP contribution in [0.25, 0.3) is 22.3 Å². The Morgan fingerprint density at radius 2 is 2.04 bits per heavy atom. The molecule has 2 aromatic heterocycles. The highest BCUT2D eigenvalue weighted by molar-refractivity contribution is 6.28. The van der Waals surface area contributed by atoms with Crippen molar-refractivity contribution in [2.24, 2.45) is 0 Å². The second-order valence-corrected chi connectivity index (χ2v) is 6.16. The van der Waals surface area contributed by atoms with Gasteiger partial charge in [-0.25, -0.2) is 23.7 Å². The third-order valence-electron chi connectivity index (χ3n) is 4.04. The van der Waals surface area contributed by atoms with Gasteiger partial charge in [0, 0.05) is 11.6 Å². The molecule has 0 aliphatic heterocycles. The Hall–Kier alpha value is -2.61. The zero-order valence-corrected chi connectivity index (χ0v) is 15.0. The molecule has 1 unspecified atom stereocenters. The highest BCUT2D eigenvalue weighted by Gasteiger charge is 2.21. The average Bonchev–Trinajstić information content (AvgIpc) is 2.93. The summed E-state index contributed by atoms with van der Waals surface area (Å²) in [5.74, 6) is -1.23. The summed E-state index contributed by atoms with van der Waals surface area (Å²) in [6.45, 7) is 3.49. The number of carbonyl (C=O) groups is 1. The van der Waals surface area contributed by atoms with Gasteiger partial charge in [-0.3, -0.25) is 4.79 Å². The van der Waals surface area contributed by atoms with Crippen molar-refractivity contribution in [1.29, 1.82) is 0 Å². The van der Waals surface area contributed by atoms with E-state index >= 15 is 0 Å². The van der Waals surface area contributed by atoms with E-state index in [1.54, 1.807) is 24.5 Å². The first-order valence-electron chi connectivity index (χ1n) is 7.75. The molecule has 0 aliphatic rings. The Morgan fingerprint density at radius 3 is 2.73 bits per heavy atom. The normalized spacial score (nSPS) is 12.4. The smallest absolute Gasteiger partial charge is 0.307 e. The van der Waals surface area contributed by atoms with Crippen LogP contribution in [0.2, 0.25) is 5.28 Å². The van der Waals surface area contributed by atoms with E-state index in [4.69, 9.17) is 11.6 Å². The van der Waals surface area contributed by atoms with Crippen molar-refractivity contribution in [1.82, 2.24) is 19.5 Å². The topological polar surface area (TPSA) is 69.9 Å². The first-order valence-corrected chi connectivity index (χ1v) is 8.13. The van der Waals surface area contributed by atoms with E-state index in [0.717, 1.165) is 12.3 Å². The number of nitrogens with zero attached hydrogens (tertiary/aromatic N) is 4. The number of aryl methyl sites for hydroxylation is 1. The van der Waals surface area contributed by atoms with Gasteiger partial charge in [0.05, 0.1) is 25.2 Å². The molecule has 6 nitrogen and oxygen atoms in total. The minimum absolute atomic E-state index is 0.0857. The summed E-state index contributed by atoms with van der Waals surface area (Å²) >= 11 is 5.73. The van der Waals surface area contributed by atoms with Gasteiger partial charge in [-0.15, -0.1) is 0 Å². The number of rotatable bonds is 4. The minimum Gasteiger partial charge on any atom is -0.469 e. The van der Waals surface area contributed by atoms with Gasteiger partial charge in [0.25, 0.3) is 0 Å². The SMILES string of the molecule is COC(=O)CC(C)n1c(C)nc2c(F)cc(-c3nc(Cl)ncc3F)cc21. The van der Waals surface area contributed by atoms with E-state index in [0.29, 0.717) is 11.3 Å². The Morgan fingerprint density at radius 1 is 1.31 bits per heavy atom. The Bertz CT molecular complexity index is 1010. The molecule has 1 aromatic carbocycles. The van der Waals surface area contributed by atoms with E-state index in [9.17, 15) is 13.6 Å². The number of aromatic nitrogens is 4. The predicted octanol–water partition coefficient (Wildman–Crippen LogP) is 3.86. The van der Waals surface area contributed by atoms with Gasteiger partial charge in [-0.2, -0.15) is 0 Å². The van der Waals surface area contributed by atoms with Crippen LogP contribution in [0, 0.1) is 18.6 Å². The van der Waals surface area contributed by atoms with Crippen molar-refractivity contribution in [3.63, 3.8) is 0 Å². The van der Waals surface area contributed by atoms with E-state index in [2.05, 4.69) is 19.7 Å². The number of methoxy groups -OCH3 is 1. The van der Waals surface area contributed by atoms with Crippen molar-refractivity contribution in [2.75, 3.05) is 7.11 Å². The Balaban J connectivity index is 2.19. The van der Waals surface area contributed by atoms with Crippen LogP contribution in [0.4, 0.5) is 8.78 Å². The molecule has 0 radical (unpaired) electrons. The van der Waals surface area contributed by atoms with Gasteiger partial charge < -0.3 is 9.30 Å². The summed E-state index contributed by atoms with van der Waals surface area (Å²) in [5, 5.41) is -0.148. The molecule has 3 rings (SSSR count). The minimum atomic E-state index is -0.724. The molecule has 3 aromatic rings. The first kappa shape index (κ1) is 18.2. The molecule has 2 heterocycles. The fourth-order valence-corrected chi connectivity index (χ4v) is 3.06. The highest BCUT2D eigenvalue weighted by atomic mass is 35.5. The number of ether oxygens (including phenoxy) is 1. The molecular weight excluding hydrogens is 366 g/mol. The summed E-state index contributed by atoms with van der Waals surface area (Å²) in [5.41, 5.74) is 0.631. The number of fused-ring (bicyclic) bond motifs is 1. The Kier molecular flexibility index (Phi) is 4.86. The lowest BCUT2D eigenvalue weighted by Gasteiger charge is -2.15. The molecule has 0 N–H and O–H groups in total. The summed E-state index contributed by atoms with van der Waals surface area (Å²) in [6.07, 6.45) is 1.01. The molecule has 0 saturated carbocycles. The third-order valence-corrected chi connectivity index (χ3v) is 4.23.